The predicted molar refractivity (Wildman–Crippen MR) is 129 cm³/mol. The van der Waals surface area contributed by atoms with E-state index in [0.717, 1.165) is 12.8 Å². The molecule has 0 fully saturated rings. The van der Waals surface area contributed by atoms with Gasteiger partial charge in [0.15, 0.2) is 0 Å². The molecule has 2 aliphatic rings. The Labute approximate surface area is 220 Å². The van der Waals surface area contributed by atoms with Gasteiger partial charge in [-0.15, -0.1) is 12.0 Å². The van der Waals surface area contributed by atoms with Gasteiger partial charge in [-0.25, -0.2) is 12.2 Å². The van der Waals surface area contributed by atoms with Crippen LogP contribution in [0.2, 0.25) is 0 Å². The van der Waals surface area contributed by atoms with E-state index in [2.05, 4.69) is 124 Å². The molecule has 0 atom stereocenters. The van der Waals surface area contributed by atoms with Gasteiger partial charge in [-0.3, -0.25) is 6.08 Å². The molecule has 2 aromatic rings. The van der Waals surface area contributed by atoms with E-state index in [1.54, 1.807) is 0 Å². The molecule has 0 aliphatic heterocycles. The zero-order valence-corrected chi connectivity index (χ0v) is 23.9. The van der Waals surface area contributed by atoms with Crippen molar-refractivity contribution in [1.82, 2.24) is 0 Å². The normalized spacial score (nSPS) is 12.8. The molecular weight excluding hydrogens is 467 g/mol. The van der Waals surface area contributed by atoms with E-state index in [4.69, 9.17) is 0 Å². The molecule has 2 aromatic carbocycles. The molecule has 0 spiro atoms. The van der Waals surface area contributed by atoms with Crippen molar-refractivity contribution >= 4 is 3.81 Å². The van der Waals surface area contributed by atoms with Gasteiger partial charge >= 0.3 is 37.6 Å². The Balaban J connectivity index is 0.000000739. The van der Waals surface area contributed by atoms with Crippen molar-refractivity contribution in [1.29, 1.82) is 0 Å². The smallest absolute Gasteiger partial charge is 0.109 e. The van der Waals surface area contributed by atoms with Gasteiger partial charge in [0.2, 0.25) is 0 Å². The van der Waals surface area contributed by atoms with Crippen LogP contribution < -0.4 is 24.8 Å². The summed E-state index contributed by atoms with van der Waals surface area (Å²) in [5.74, 6) is 0. The van der Waals surface area contributed by atoms with E-state index in [1.165, 1.54) is 37.2 Å². The first-order chi connectivity index (χ1) is 13.9. The van der Waals surface area contributed by atoms with Gasteiger partial charge in [0.1, 0.15) is 0 Å². The van der Waals surface area contributed by atoms with Crippen molar-refractivity contribution in [2.24, 2.45) is 0 Å². The second-order valence-corrected chi connectivity index (χ2v) is 11.9. The molecule has 3 heteroatoms. The van der Waals surface area contributed by atoms with E-state index in [0.29, 0.717) is 0 Å². The monoisotopic (exact) mass is 502 g/mol. The van der Waals surface area contributed by atoms with Crippen LogP contribution >= 0.6 is 0 Å². The fraction of sp³-hybridized carbons (Fsp3) is 0.414. The molecule has 0 radical (unpaired) electrons. The molecule has 0 saturated carbocycles. The van der Waals surface area contributed by atoms with Gasteiger partial charge in [0.25, 0.3) is 0 Å². The van der Waals surface area contributed by atoms with Crippen LogP contribution in [0.5, 0.6) is 0 Å². The number of allylic oxidation sites excluding steroid dienone is 4. The largest absolute Gasteiger partial charge is 1.00 e. The molecule has 0 aromatic heterocycles. The Morgan fingerprint density at radius 1 is 0.875 bits per heavy atom. The van der Waals surface area contributed by atoms with Crippen molar-refractivity contribution in [3.05, 3.63) is 83.0 Å². The number of rotatable bonds is 0. The third-order valence-electron chi connectivity index (χ3n) is 5.11. The molecule has 32 heavy (non-hydrogen) atoms. The SMILES string of the molecule is CC(C)(C)c1c[c-]c2c(c1)-c1cc(C(C)(C)C)ccc1C2.C[C](C)=[Ti+2].[C-]1=CC=CC1.[Cl-].[Cl-]. The fourth-order valence-corrected chi connectivity index (χ4v) is 3.32. The average Bonchev–Trinajstić information content (AvgIpc) is 3.30. The van der Waals surface area contributed by atoms with E-state index in [9.17, 15) is 0 Å². The molecule has 0 nitrogen and oxygen atoms in total. The Bertz CT molecular complexity index is 879. The van der Waals surface area contributed by atoms with E-state index in [-0.39, 0.29) is 35.6 Å². The van der Waals surface area contributed by atoms with Crippen LogP contribution in [0.3, 0.4) is 0 Å². The van der Waals surface area contributed by atoms with Gasteiger partial charge in [0, 0.05) is 0 Å². The number of hydrogen-bond acceptors (Lipinski definition) is 0. The van der Waals surface area contributed by atoms with E-state index in [1.807, 2.05) is 12.2 Å². The third-order valence-corrected chi connectivity index (χ3v) is 5.11. The van der Waals surface area contributed by atoms with Crippen molar-refractivity contribution < 1.29 is 44.8 Å². The van der Waals surface area contributed by atoms with Crippen molar-refractivity contribution in [2.45, 2.75) is 79.1 Å². The summed E-state index contributed by atoms with van der Waals surface area (Å²) in [4.78, 5) is 0. The van der Waals surface area contributed by atoms with Crippen LogP contribution in [-0.4, -0.2) is 3.81 Å². The number of benzene rings is 2. The number of hydrogen-bond donors (Lipinski definition) is 0. The predicted octanol–water partition coefficient (Wildman–Crippen LogP) is 1.71. The van der Waals surface area contributed by atoms with Crippen molar-refractivity contribution in [3.63, 3.8) is 0 Å². The summed E-state index contributed by atoms with van der Waals surface area (Å²) in [6, 6.07) is 15.1. The molecule has 4 rings (SSSR count). The molecule has 0 amide bonds. The second-order valence-electron chi connectivity index (χ2n) is 10.3. The quantitative estimate of drug-likeness (QED) is 0.324. The maximum Gasteiger partial charge on any atom is -0.109 e. The Hall–Kier alpha value is -0.916. The summed E-state index contributed by atoms with van der Waals surface area (Å²) in [6.45, 7) is 17.8. The zero-order valence-electron chi connectivity index (χ0n) is 20.8. The van der Waals surface area contributed by atoms with Crippen LogP contribution in [0, 0.1) is 12.1 Å². The topological polar surface area (TPSA) is 0 Å². The van der Waals surface area contributed by atoms with Crippen LogP contribution in [0.25, 0.3) is 11.1 Å². The van der Waals surface area contributed by atoms with Gasteiger partial charge in [0.05, 0.1) is 0 Å². The Morgan fingerprint density at radius 2 is 1.44 bits per heavy atom. The minimum atomic E-state index is 0. The van der Waals surface area contributed by atoms with Gasteiger partial charge in [-0.05, 0) is 17.4 Å². The van der Waals surface area contributed by atoms with Gasteiger partial charge in [-0.2, -0.15) is 35.4 Å². The first kappa shape index (κ1) is 31.1. The molecule has 0 saturated heterocycles. The van der Waals surface area contributed by atoms with Crippen LogP contribution in [0.1, 0.15) is 84.1 Å². The zero-order chi connectivity index (χ0) is 22.5. The Morgan fingerprint density at radius 3 is 1.88 bits per heavy atom. The minimum Gasteiger partial charge on any atom is -1.00 e. The summed E-state index contributed by atoms with van der Waals surface area (Å²) < 4.78 is 1.42. The van der Waals surface area contributed by atoms with Gasteiger partial charge in [-0.1, -0.05) is 76.3 Å². The summed E-state index contributed by atoms with van der Waals surface area (Å²) in [5, 5.41) is 0. The molecule has 0 bridgehead atoms. The average molecular weight is 503 g/mol. The molecule has 172 valence electrons. The Kier molecular flexibility index (Phi) is 12.7. The fourth-order valence-electron chi connectivity index (χ4n) is 3.32. The molecule has 0 N–H and O–H groups in total. The van der Waals surface area contributed by atoms with Crippen LogP contribution in [-0.2, 0) is 37.2 Å². The summed E-state index contributed by atoms with van der Waals surface area (Å²) >= 11 is 2.08. The van der Waals surface area contributed by atoms with Crippen LogP contribution in [0.15, 0.2) is 48.6 Å². The summed E-state index contributed by atoms with van der Waals surface area (Å²) in [5.41, 5.74) is 8.76. The maximum atomic E-state index is 3.53. The molecular formula is C29H36Cl2Ti-2. The number of halogens is 2. The standard InChI is InChI=1S/C21H25.C5H5.C3H6.2ClH.Ti/c1-20(2,3)16-9-7-14-11-15-8-10-17(21(4,5)6)13-19(15)18(14)12-16;1-2-4-5-3-1;1-3-2;;;/h7,9-10,12-13H,11H2,1-6H3;1-3H,4H2;1-2H3;2*1H;/q2*-1;;;;+2/p-2. The van der Waals surface area contributed by atoms with Crippen LogP contribution in [0.4, 0.5) is 0 Å². The molecule has 0 unspecified atom stereocenters. The first-order valence-electron chi connectivity index (χ1n) is 10.8. The summed E-state index contributed by atoms with van der Waals surface area (Å²) in [6.07, 6.45) is 11.0. The molecule has 0 heterocycles. The van der Waals surface area contributed by atoms with E-state index >= 15 is 0 Å². The van der Waals surface area contributed by atoms with E-state index < -0.39 is 0 Å². The second kappa shape index (κ2) is 13.1. The first-order valence-corrected chi connectivity index (χ1v) is 11.6. The third kappa shape index (κ3) is 9.14. The summed E-state index contributed by atoms with van der Waals surface area (Å²) in [7, 11) is 0. The van der Waals surface area contributed by atoms with Gasteiger partial charge < -0.3 is 24.8 Å². The minimum absolute atomic E-state index is 0. The molecule has 2 aliphatic carbocycles. The number of fused-ring (bicyclic) bond motifs is 3. The van der Waals surface area contributed by atoms with Crippen molar-refractivity contribution in [3.8, 4) is 11.1 Å². The maximum absolute atomic E-state index is 3.53. The van der Waals surface area contributed by atoms with Crippen molar-refractivity contribution in [2.75, 3.05) is 0 Å².